The maximum atomic E-state index is 11.0. The highest BCUT2D eigenvalue weighted by molar-refractivity contribution is 5.73. The van der Waals surface area contributed by atoms with Gasteiger partial charge in [0.05, 0.1) is 4.92 Å². The summed E-state index contributed by atoms with van der Waals surface area (Å²) in [5, 5.41) is 13.7. The molecule has 1 aromatic rings. The van der Waals surface area contributed by atoms with Gasteiger partial charge in [-0.05, 0) is 18.1 Å². The van der Waals surface area contributed by atoms with Gasteiger partial charge in [0, 0.05) is 38.7 Å². The van der Waals surface area contributed by atoms with E-state index in [0.29, 0.717) is 6.54 Å². The largest absolute Gasteiger partial charge is 0.393 e. The second-order valence-electron chi connectivity index (χ2n) is 5.07. The van der Waals surface area contributed by atoms with Crippen LogP contribution in [0.25, 0.3) is 0 Å². The Morgan fingerprint density at radius 3 is 3.00 bits per heavy atom. The molecule has 1 aliphatic rings. The van der Waals surface area contributed by atoms with Crippen LogP contribution in [-0.2, 0) is 11.3 Å². The van der Waals surface area contributed by atoms with Crippen molar-refractivity contribution >= 4 is 17.3 Å². The minimum atomic E-state index is -0.469. The Labute approximate surface area is 116 Å². The Hall–Kier alpha value is -2.15. The molecule has 0 aliphatic carbocycles. The first-order valence-electron chi connectivity index (χ1n) is 6.48. The number of hydrogen-bond donors (Lipinski definition) is 2. The van der Waals surface area contributed by atoms with Crippen molar-refractivity contribution in [1.82, 2.24) is 10.2 Å². The molecule has 0 spiro atoms. The molecule has 3 N–H and O–H groups in total. The summed E-state index contributed by atoms with van der Waals surface area (Å²) < 4.78 is 0. The summed E-state index contributed by atoms with van der Waals surface area (Å²) in [7, 11) is 0. The molecule has 2 rings (SSSR count). The third-order valence-electron chi connectivity index (χ3n) is 3.38. The van der Waals surface area contributed by atoms with Gasteiger partial charge < -0.3 is 11.1 Å². The lowest BCUT2D eigenvalue weighted by molar-refractivity contribution is -0.384. The lowest BCUT2D eigenvalue weighted by Gasteiger charge is -2.16. The monoisotopic (exact) mass is 278 g/mol. The number of carbonyl (C=O) groups is 1. The highest BCUT2D eigenvalue weighted by Gasteiger charge is 2.23. The molecule has 1 unspecified atom stereocenters. The zero-order valence-corrected chi connectivity index (χ0v) is 11.3. The first-order chi connectivity index (χ1) is 9.45. The predicted octanol–water partition coefficient (Wildman–Crippen LogP) is 0.887. The molecule has 1 fully saturated rings. The molecule has 0 saturated carbocycles. The summed E-state index contributed by atoms with van der Waals surface area (Å²) in [5.74, 6) is -0.0278. The maximum absolute atomic E-state index is 11.0. The van der Waals surface area contributed by atoms with Crippen LogP contribution in [0.15, 0.2) is 18.2 Å². The first-order valence-corrected chi connectivity index (χ1v) is 6.48. The van der Waals surface area contributed by atoms with Gasteiger partial charge in [0.25, 0.3) is 5.69 Å². The van der Waals surface area contributed by atoms with Gasteiger partial charge in [-0.15, -0.1) is 0 Å². The standard InChI is InChI=1S/C13H18N4O3/c1-9(18)15-11-4-5-16(8-11)7-10-2-3-12(14)13(6-10)17(19)20/h2-3,6,11H,4-5,7-8,14H2,1H3,(H,15,18). The first kappa shape index (κ1) is 14.3. The van der Waals surface area contributed by atoms with Crippen LogP contribution >= 0.6 is 0 Å². The van der Waals surface area contributed by atoms with Crippen molar-refractivity contribution in [1.29, 1.82) is 0 Å². The lowest BCUT2D eigenvalue weighted by Crippen LogP contribution is -2.35. The lowest BCUT2D eigenvalue weighted by atomic mass is 10.1. The fourth-order valence-electron chi connectivity index (χ4n) is 2.49. The van der Waals surface area contributed by atoms with Crippen molar-refractivity contribution < 1.29 is 9.72 Å². The average molecular weight is 278 g/mol. The summed E-state index contributed by atoms with van der Waals surface area (Å²) in [6.07, 6.45) is 0.899. The van der Waals surface area contributed by atoms with Crippen molar-refractivity contribution in [2.75, 3.05) is 18.8 Å². The molecular weight excluding hydrogens is 260 g/mol. The number of amides is 1. The van der Waals surface area contributed by atoms with Crippen molar-refractivity contribution in [2.24, 2.45) is 0 Å². The number of nitrogens with two attached hydrogens (primary N) is 1. The van der Waals surface area contributed by atoms with E-state index < -0.39 is 4.92 Å². The van der Waals surface area contributed by atoms with Gasteiger partial charge in [0.1, 0.15) is 5.69 Å². The van der Waals surface area contributed by atoms with Gasteiger partial charge in [-0.1, -0.05) is 6.07 Å². The molecule has 7 heteroatoms. The Kier molecular flexibility index (Phi) is 4.19. The molecule has 0 bridgehead atoms. The molecule has 108 valence electrons. The van der Waals surface area contributed by atoms with Crippen LogP contribution < -0.4 is 11.1 Å². The molecule has 1 aliphatic heterocycles. The topological polar surface area (TPSA) is 102 Å². The molecule has 7 nitrogen and oxygen atoms in total. The van der Waals surface area contributed by atoms with Crippen LogP contribution in [0.1, 0.15) is 18.9 Å². The van der Waals surface area contributed by atoms with Gasteiger partial charge in [-0.3, -0.25) is 19.8 Å². The SMILES string of the molecule is CC(=O)NC1CCN(Cc2ccc(N)c([N+](=O)[O-])c2)C1. The van der Waals surface area contributed by atoms with E-state index in [1.165, 1.54) is 13.0 Å². The highest BCUT2D eigenvalue weighted by atomic mass is 16.6. The van der Waals surface area contributed by atoms with Crippen molar-refractivity contribution in [3.05, 3.63) is 33.9 Å². The van der Waals surface area contributed by atoms with Crippen molar-refractivity contribution in [2.45, 2.75) is 25.9 Å². The van der Waals surface area contributed by atoms with E-state index in [1.54, 1.807) is 12.1 Å². The highest BCUT2D eigenvalue weighted by Crippen LogP contribution is 2.24. The second kappa shape index (κ2) is 5.87. The van der Waals surface area contributed by atoms with Crippen molar-refractivity contribution in [3.63, 3.8) is 0 Å². The van der Waals surface area contributed by atoms with Gasteiger partial charge in [0.2, 0.25) is 5.91 Å². The summed E-state index contributed by atoms with van der Waals surface area (Å²) >= 11 is 0. The minimum Gasteiger partial charge on any atom is -0.393 e. The Bertz CT molecular complexity index is 532. The number of carbonyl (C=O) groups excluding carboxylic acids is 1. The van der Waals surface area contributed by atoms with Gasteiger partial charge >= 0.3 is 0 Å². The van der Waals surface area contributed by atoms with E-state index in [0.717, 1.165) is 25.1 Å². The number of nitro groups is 1. The molecule has 20 heavy (non-hydrogen) atoms. The maximum Gasteiger partial charge on any atom is 0.292 e. The Morgan fingerprint density at radius 2 is 2.35 bits per heavy atom. The number of anilines is 1. The molecule has 0 aromatic heterocycles. The molecule has 1 amide bonds. The van der Waals surface area contributed by atoms with Crippen LogP contribution in [-0.4, -0.2) is 34.9 Å². The normalized spacial score (nSPS) is 18.9. The van der Waals surface area contributed by atoms with Gasteiger partial charge in [-0.25, -0.2) is 0 Å². The second-order valence-corrected chi connectivity index (χ2v) is 5.07. The fourth-order valence-corrected chi connectivity index (χ4v) is 2.49. The zero-order valence-electron chi connectivity index (χ0n) is 11.3. The number of rotatable bonds is 4. The van der Waals surface area contributed by atoms with E-state index in [-0.39, 0.29) is 23.3 Å². The zero-order chi connectivity index (χ0) is 14.7. The van der Waals surface area contributed by atoms with Crippen LogP contribution in [0, 0.1) is 10.1 Å². The molecule has 1 atom stereocenters. The van der Waals surface area contributed by atoms with E-state index in [1.807, 2.05) is 0 Å². The molecule has 1 aromatic carbocycles. The van der Waals surface area contributed by atoms with Crippen LogP contribution in [0.4, 0.5) is 11.4 Å². The smallest absolute Gasteiger partial charge is 0.292 e. The van der Waals surface area contributed by atoms with Gasteiger partial charge in [0.15, 0.2) is 0 Å². The van der Waals surface area contributed by atoms with Crippen molar-refractivity contribution in [3.8, 4) is 0 Å². The number of nitro benzene ring substituents is 1. The third kappa shape index (κ3) is 3.45. The van der Waals surface area contributed by atoms with Crippen LogP contribution in [0.2, 0.25) is 0 Å². The van der Waals surface area contributed by atoms with Crippen LogP contribution in [0.3, 0.4) is 0 Å². The number of nitrogens with one attached hydrogen (secondary N) is 1. The number of likely N-dealkylation sites (tertiary alicyclic amines) is 1. The van der Waals surface area contributed by atoms with E-state index >= 15 is 0 Å². The summed E-state index contributed by atoms with van der Waals surface area (Å²) in [5.41, 5.74) is 6.55. The summed E-state index contributed by atoms with van der Waals surface area (Å²) in [6, 6.07) is 5.04. The fraction of sp³-hybridized carbons (Fsp3) is 0.462. The molecule has 0 radical (unpaired) electrons. The summed E-state index contributed by atoms with van der Waals surface area (Å²) in [4.78, 5) is 23.5. The molecule has 1 heterocycles. The Morgan fingerprint density at radius 1 is 1.60 bits per heavy atom. The number of nitrogen functional groups attached to an aromatic ring is 1. The number of benzene rings is 1. The quantitative estimate of drug-likeness (QED) is 0.484. The Balaban J connectivity index is 1.99. The van der Waals surface area contributed by atoms with E-state index in [9.17, 15) is 14.9 Å². The van der Waals surface area contributed by atoms with Gasteiger partial charge in [-0.2, -0.15) is 0 Å². The number of hydrogen-bond acceptors (Lipinski definition) is 5. The van der Waals surface area contributed by atoms with E-state index in [4.69, 9.17) is 5.73 Å². The molecular formula is C13H18N4O3. The predicted molar refractivity (Wildman–Crippen MR) is 75.0 cm³/mol. The summed E-state index contributed by atoms with van der Waals surface area (Å²) in [6.45, 7) is 3.75. The minimum absolute atomic E-state index is 0.0278. The van der Waals surface area contributed by atoms with Crippen LogP contribution in [0.5, 0.6) is 0 Å². The third-order valence-corrected chi connectivity index (χ3v) is 3.38. The average Bonchev–Trinajstić information content (AvgIpc) is 2.77. The number of nitrogens with zero attached hydrogens (tertiary/aromatic N) is 2. The molecule has 1 saturated heterocycles. The van der Waals surface area contributed by atoms with E-state index in [2.05, 4.69) is 10.2 Å².